The fourth-order valence-corrected chi connectivity index (χ4v) is 7.41. The molecule has 48 heavy (non-hydrogen) atoms. The Hall–Kier alpha value is -4.92. The summed E-state index contributed by atoms with van der Waals surface area (Å²) < 4.78 is 0. The maximum Gasteiger partial charge on any atom is 0.0465 e. The molecule has 0 aromatic heterocycles. The number of fused-ring (bicyclic) bond motifs is 3. The molecule has 2 heteroatoms. The Kier molecular flexibility index (Phi) is 8.31. The maximum atomic E-state index is 3.60. The second-order valence-corrected chi connectivity index (χ2v) is 14.9. The minimum absolute atomic E-state index is 0.128. The van der Waals surface area contributed by atoms with E-state index in [0.717, 1.165) is 23.5 Å². The molecule has 0 radical (unpaired) electrons. The first-order chi connectivity index (χ1) is 23.1. The van der Waals surface area contributed by atoms with Crippen LogP contribution in [0.1, 0.15) is 63.8 Å². The van der Waals surface area contributed by atoms with Crippen molar-refractivity contribution >= 4 is 17.1 Å². The summed E-state index contributed by atoms with van der Waals surface area (Å²) in [6, 6.07) is 53.7. The summed E-state index contributed by atoms with van der Waals surface area (Å²) in [5, 5.41) is 3.60. The molecule has 0 saturated carbocycles. The predicted octanol–water partition coefficient (Wildman–Crippen LogP) is 12.5. The average molecular weight is 627 g/mol. The van der Waals surface area contributed by atoms with Crippen molar-refractivity contribution in [1.29, 1.82) is 0 Å². The second-order valence-electron chi connectivity index (χ2n) is 14.9. The van der Waals surface area contributed by atoms with Crippen LogP contribution in [0.15, 0.2) is 146 Å². The van der Waals surface area contributed by atoms with Crippen molar-refractivity contribution in [1.82, 2.24) is 5.32 Å². The van der Waals surface area contributed by atoms with Crippen molar-refractivity contribution in [2.45, 2.75) is 52.5 Å². The van der Waals surface area contributed by atoms with E-state index in [2.05, 4.69) is 197 Å². The van der Waals surface area contributed by atoms with Crippen molar-refractivity contribution < 1.29 is 0 Å². The lowest BCUT2D eigenvalue weighted by atomic mass is 9.80. The van der Waals surface area contributed by atoms with E-state index in [1.807, 2.05) is 0 Å². The molecule has 0 heterocycles. The van der Waals surface area contributed by atoms with Gasteiger partial charge in [-0.3, -0.25) is 0 Å². The van der Waals surface area contributed by atoms with Crippen LogP contribution in [0.5, 0.6) is 0 Å². The Morgan fingerprint density at radius 3 is 1.46 bits per heavy atom. The summed E-state index contributed by atoms with van der Waals surface area (Å²) in [5.41, 5.74) is 15.3. The van der Waals surface area contributed by atoms with Gasteiger partial charge in [0.1, 0.15) is 0 Å². The molecule has 240 valence electrons. The third-order valence-electron chi connectivity index (χ3n) is 9.97. The van der Waals surface area contributed by atoms with Crippen LogP contribution < -0.4 is 10.2 Å². The van der Waals surface area contributed by atoms with Crippen molar-refractivity contribution in [2.24, 2.45) is 5.41 Å². The molecule has 0 saturated heterocycles. The Balaban J connectivity index is 1.30. The number of benzene rings is 6. The molecule has 1 N–H and O–H groups in total. The fourth-order valence-electron chi connectivity index (χ4n) is 7.41. The van der Waals surface area contributed by atoms with Crippen molar-refractivity contribution in [2.75, 3.05) is 11.9 Å². The highest BCUT2D eigenvalue weighted by Crippen LogP contribution is 2.51. The van der Waals surface area contributed by atoms with E-state index in [1.165, 1.54) is 50.1 Å². The molecule has 1 aliphatic rings. The number of anilines is 3. The molecule has 1 unspecified atom stereocenters. The Morgan fingerprint density at radius 1 is 0.542 bits per heavy atom. The summed E-state index contributed by atoms with van der Waals surface area (Å²) in [7, 11) is 2.09. The fraction of sp³-hybridized carbons (Fsp3) is 0.217. The van der Waals surface area contributed by atoms with Gasteiger partial charge in [0.25, 0.3) is 0 Å². The lowest BCUT2D eigenvalue weighted by Gasteiger charge is -2.29. The summed E-state index contributed by atoms with van der Waals surface area (Å²) in [6.07, 6.45) is 1.08. The molecule has 6 aromatic carbocycles. The van der Waals surface area contributed by atoms with Crippen LogP contribution in [0, 0.1) is 5.41 Å². The van der Waals surface area contributed by atoms with Gasteiger partial charge < -0.3 is 10.2 Å². The topological polar surface area (TPSA) is 15.3 Å². The van der Waals surface area contributed by atoms with Crippen LogP contribution in [-0.4, -0.2) is 7.05 Å². The standard InChI is InChI=1S/C46H46N2/c1-45(2,3)31-44(47-6)36-21-27-40-41-28-26-39(30-43(41)46(4,5)42(40)29-36)48(37-22-17-34(18-23-37)32-13-9-7-10-14-32)38-24-19-35(20-25-38)33-15-11-8-12-16-33/h7-30,44,47H,31H2,1-6H3. The monoisotopic (exact) mass is 626 g/mol. The first kappa shape index (κ1) is 31.7. The number of hydrogen-bond acceptors (Lipinski definition) is 2. The van der Waals surface area contributed by atoms with E-state index < -0.39 is 0 Å². The normalized spacial score (nSPS) is 13.9. The highest BCUT2D eigenvalue weighted by Gasteiger charge is 2.37. The predicted molar refractivity (Wildman–Crippen MR) is 205 cm³/mol. The van der Waals surface area contributed by atoms with Crippen molar-refractivity contribution in [3.63, 3.8) is 0 Å². The lowest BCUT2D eigenvalue weighted by molar-refractivity contribution is 0.320. The van der Waals surface area contributed by atoms with Gasteiger partial charge in [-0.2, -0.15) is 0 Å². The van der Waals surface area contributed by atoms with Gasteiger partial charge in [-0.15, -0.1) is 0 Å². The quantitative estimate of drug-likeness (QED) is 0.181. The highest BCUT2D eigenvalue weighted by molar-refractivity contribution is 5.86. The van der Waals surface area contributed by atoms with Gasteiger partial charge in [0.15, 0.2) is 0 Å². The molecule has 7 rings (SSSR count). The molecule has 1 aliphatic carbocycles. The Labute approximate surface area is 287 Å². The summed E-state index contributed by atoms with van der Waals surface area (Å²) in [4.78, 5) is 2.40. The Morgan fingerprint density at radius 2 is 0.979 bits per heavy atom. The highest BCUT2D eigenvalue weighted by atomic mass is 15.1. The first-order valence-electron chi connectivity index (χ1n) is 17.2. The molecule has 6 aromatic rings. The van der Waals surface area contributed by atoms with Gasteiger partial charge in [0.05, 0.1) is 0 Å². The molecule has 0 amide bonds. The zero-order valence-corrected chi connectivity index (χ0v) is 29.1. The van der Waals surface area contributed by atoms with Crippen LogP contribution >= 0.6 is 0 Å². The van der Waals surface area contributed by atoms with Gasteiger partial charge in [0.2, 0.25) is 0 Å². The Bertz CT molecular complexity index is 1930. The van der Waals surface area contributed by atoms with Crippen molar-refractivity contribution in [3.05, 3.63) is 162 Å². The number of hydrogen-bond donors (Lipinski definition) is 1. The van der Waals surface area contributed by atoms with Crippen LogP contribution in [-0.2, 0) is 5.41 Å². The smallest absolute Gasteiger partial charge is 0.0465 e. The van der Waals surface area contributed by atoms with Gasteiger partial charge in [-0.1, -0.05) is 144 Å². The second kappa shape index (κ2) is 12.6. The van der Waals surface area contributed by atoms with Gasteiger partial charge in [-0.05, 0) is 105 Å². The summed E-state index contributed by atoms with van der Waals surface area (Å²) >= 11 is 0. The number of nitrogens with one attached hydrogen (secondary N) is 1. The van der Waals surface area contributed by atoms with Gasteiger partial charge in [-0.25, -0.2) is 0 Å². The molecular formula is C46H46N2. The third-order valence-corrected chi connectivity index (χ3v) is 9.97. The third kappa shape index (κ3) is 6.09. The minimum Gasteiger partial charge on any atom is -0.313 e. The largest absolute Gasteiger partial charge is 0.313 e. The molecular weight excluding hydrogens is 581 g/mol. The van der Waals surface area contributed by atoms with Gasteiger partial charge >= 0.3 is 0 Å². The summed E-state index contributed by atoms with van der Waals surface area (Å²) in [5.74, 6) is 0. The van der Waals surface area contributed by atoms with E-state index in [1.54, 1.807) is 0 Å². The van der Waals surface area contributed by atoms with E-state index in [4.69, 9.17) is 0 Å². The molecule has 1 atom stereocenters. The van der Waals surface area contributed by atoms with Crippen LogP contribution in [0.4, 0.5) is 17.1 Å². The minimum atomic E-state index is -0.128. The lowest BCUT2D eigenvalue weighted by Crippen LogP contribution is -2.23. The number of rotatable bonds is 8. The van der Waals surface area contributed by atoms with Crippen LogP contribution in [0.25, 0.3) is 33.4 Å². The molecule has 0 aliphatic heterocycles. The van der Waals surface area contributed by atoms with E-state index in [-0.39, 0.29) is 10.8 Å². The summed E-state index contributed by atoms with van der Waals surface area (Å²) in [6.45, 7) is 11.7. The number of nitrogens with zero attached hydrogens (tertiary/aromatic N) is 1. The first-order valence-corrected chi connectivity index (χ1v) is 17.2. The molecule has 0 fully saturated rings. The van der Waals surface area contributed by atoms with Crippen LogP contribution in [0.3, 0.4) is 0 Å². The van der Waals surface area contributed by atoms with Crippen LogP contribution in [0.2, 0.25) is 0 Å². The zero-order chi connectivity index (χ0) is 33.5. The van der Waals surface area contributed by atoms with E-state index >= 15 is 0 Å². The van der Waals surface area contributed by atoms with E-state index in [9.17, 15) is 0 Å². The molecule has 2 nitrogen and oxygen atoms in total. The SMILES string of the molecule is CNC(CC(C)(C)C)c1ccc2c(c1)C(C)(C)c1cc(N(c3ccc(-c4ccccc4)cc3)c3ccc(-c4ccccc4)cc3)ccc1-2. The van der Waals surface area contributed by atoms with Crippen molar-refractivity contribution in [3.8, 4) is 33.4 Å². The average Bonchev–Trinajstić information content (AvgIpc) is 3.33. The molecule has 0 spiro atoms. The van der Waals surface area contributed by atoms with E-state index in [0.29, 0.717) is 6.04 Å². The molecule has 0 bridgehead atoms. The maximum absolute atomic E-state index is 3.60. The zero-order valence-electron chi connectivity index (χ0n) is 29.1. The van der Waals surface area contributed by atoms with Gasteiger partial charge in [0, 0.05) is 28.5 Å².